The standard InChI is InChI=1S/C12H18ClFN2O/c1-9(17)7-15-5-6-16-8-10-11(13)3-2-4-12(10)14/h2-4,9,15-17H,5-8H2,1H3/t9-/m0/s1. The number of nitrogens with one attached hydrogen (secondary N) is 2. The first-order valence-electron chi connectivity index (χ1n) is 5.63. The molecule has 17 heavy (non-hydrogen) atoms. The Balaban J connectivity index is 2.22. The van der Waals surface area contributed by atoms with Crippen LogP contribution in [0.25, 0.3) is 0 Å². The van der Waals surface area contributed by atoms with E-state index in [2.05, 4.69) is 10.6 Å². The van der Waals surface area contributed by atoms with Gasteiger partial charge in [-0.1, -0.05) is 17.7 Å². The predicted octanol–water partition coefficient (Wildman–Crippen LogP) is 1.54. The van der Waals surface area contributed by atoms with E-state index in [1.54, 1.807) is 19.1 Å². The van der Waals surface area contributed by atoms with Crippen molar-refractivity contribution in [3.63, 3.8) is 0 Å². The fourth-order valence-corrected chi connectivity index (χ4v) is 1.63. The first kappa shape index (κ1) is 14.4. The number of halogens is 2. The predicted molar refractivity (Wildman–Crippen MR) is 67.7 cm³/mol. The molecule has 0 spiro atoms. The lowest BCUT2D eigenvalue weighted by Gasteiger charge is -2.09. The molecule has 0 aliphatic carbocycles. The summed E-state index contributed by atoms with van der Waals surface area (Å²) < 4.78 is 13.4. The molecule has 0 saturated carbocycles. The Bertz CT molecular complexity index is 327. The fraction of sp³-hybridized carbons (Fsp3) is 0.500. The average Bonchev–Trinajstić information content (AvgIpc) is 2.26. The van der Waals surface area contributed by atoms with Crippen LogP contribution in [0.2, 0.25) is 5.02 Å². The van der Waals surface area contributed by atoms with Crippen LogP contribution in [0.5, 0.6) is 0 Å². The van der Waals surface area contributed by atoms with Crippen molar-refractivity contribution in [3.8, 4) is 0 Å². The normalized spacial score (nSPS) is 12.7. The van der Waals surface area contributed by atoms with E-state index in [1.165, 1.54) is 6.07 Å². The molecule has 3 nitrogen and oxygen atoms in total. The highest BCUT2D eigenvalue weighted by atomic mass is 35.5. The van der Waals surface area contributed by atoms with Crippen LogP contribution >= 0.6 is 11.6 Å². The molecule has 0 amide bonds. The molecule has 0 aromatic heterocycles. The topological polar surface area (TPSA) is 44.3 Å². The van der Waals surface area contributed by atoms with Gasteiger partial charge < -0.3 is 15.7 Å². The molecule has 0 bridgehead atoms. The van der Waals surface area contributed by atoms with Gasteiger partial charge in [-0.05, 0) is 19.1 Å². The quantitative estimate of drug-likeness (QED) is 0.652. The highest BCUT2D eigenvalue weighted by molar-refractivity contribution is 6.31. The summed E-state index contributed by atoms with van der Waals surface area (Å²) in [6, 6.07) is 4.66. The van der Waals surface area contributed by atoms with Gasteiger partial charge in [0.1, 0.15) is 5.82 Å². The van der Waals surface area contributed by atoms with Crippen LogP contribution in [-0.4, -0.2) is 30.8 Å². The highest BCUT2D eigenvalue weighted by Crippen LogP contribution is 2.18. The number of benzene rings is 1. The summed E-state index contributed by atoms with van der Waals surface area (Å²) in [5.74, 6) is -0.290. The van der Waals surface area contributed by atoms with Crippen molar-refractivity contribution < 1.29 is 9.50 Å². The van der Waals surface area contributed by atoms with E-state index in [4.69, 9.17) is 16.7 Å². The largest absolute Gasteiger partial charge is 0.392 e. The molecule has 0 radical (unpaired) electrons. The maximum atomic E-state index is 13.4. The van der Waals surface area contributed by atoms with Crippen LogP contribution in [0.3, 0.4) is 0 Å². The number of rotatable bonds is 7. The minimum absolute atomic E-state index is 0.290. The van der Waals surface area contributed by atoms with Gasteiger partial charge in [0.2, 0.25) is 0 Å². The summed E-state index contributed by atoms with van der Waals surface area (Å²) in [6.07, 6.45) is -0.351. The Kier molecular flexibility index (Phi) is 6.44. The van der Waals surface area contributed by atoms with Crippen LogP contribution in [0.1, 0.15) is 12.5 Å². The second kappa shape index (κ2) is 7.61. The lowest BCUT2D eigenvalue weighted by molar-refractivity contribution is 0.191. The van der Waals surface area contributed by atoms with E-state index in [1.807, 2.05) is 0 Å². The van der Waals surface area contributed by atoms with Gasteiger partial charge in [-0.2, -0.15) is 0 Å². The van der Waals surface area contributed by atoms with Gasteiger partial charge in [-0.15, -0.1) is 0 Å². The average molecular weight is 261 g/mol. The molecule has 96 valence electrons. The van der Waals surface area contributed by atoms with Gasteiger partial charge in [-0.25, -0.2) is 4.39 Å². The van der Waals surface area contributed by atoms with Crippen molar-refractivity contribution in [1.29, 1.82) is 0 Å². The molecule has 1 rings (SSSR count). The molecule has 5 heteroatoms. The Morgan fingerprint density at radius 2 is 2.06 bits per heavy atom. The molecular weight excluding hydrogens is 243 g/mol. The van der Waals surface area contributed by atoms with Crippen LogP contribution in [0.15, 0.2) is 18.2 Å². The minimum Gasteiger partial charge on any atom is -0.392 e. The Labute approximate surface area is 106 Å². The van der Waals surface area contributed by atoms with Crippen LogP contribution in [0, 0.1) is 5.82 Å². The van der Waals surface area contributed by atoms with Gasteiger partial charge in [-0.3, -0.25) is 0 Å². The second-order valence-corrected chi connectivity index (χ2v) is 4.34. The SMILES string of the molecule is C[C@H](O)CNCCNCc1c(F)cccc1Cl. The lowest BCUT2D eigenvalue weighted by atomic mass is 10.2. The number of hydrogen-bond donors (Lipinski definition) is 3. The number of hydrogen-bond acceptors (Lipinski definition) is 3. The third kappa shape index (κ3) is 5.46. The molecule has 0 saturated heterocycles. The molecule has 1 atom stereocenters. The van der Waals surface area contributed by atoms with Crippen LogP contribution in [-0.2, 0) is 6.54 Å². The second-order valence-electron chi connectivity index (χ2n) is 3.93. The number of aliphatic hydroxyl groups excluding tert-OH is 1. The summed E-state index contributed by atoms with van der Waals surface area (Å²) in [4.78, 5) is 0. The van der Waals surface area contributed by atoms with Crippen molar-refractivity contribution in [1.82, 2.24) is 10.6 Å². The summed E-state index contributed by atoms with van der Waals surface area (Å²) >= 11 is 5.88. The molecule has 0 unspecified atom stereocenters. The molecule has 0 fully saturated rings. The number of aliphatic hydroxyl groups is 1. The minimum atomic E-state index is -0.351. The van der Waals surface area contributed by atoms with E-state index < -0.39 is 0 Å². The molecule has 1 aromatic rings. The van der Waals surface area contributed by atoms with E-state index in [0.717, 1.165) is 6.54 Å². The molecule has 3 N–H and O–H groups in total. The molecular formula is C12H18ClFN2O. The summed E-state index contributed by atoms with van der Waals surface area (Å²) in [7, 11) is 0. The summed E-state index contributed by atoms with van der Waals surface area (Å²) in [5, 5.41) is 15.6. The van der Waals surface area contributed by atoms with Crippen molar-refractivity contribution >= 4 is 11.6 Å². The van der Waals surface area contributed by atoms with Crippen LogP contribution < -0.4 is 10.6 Å². The van der Waals surface area contributed by atoms with E-state index in [0.29, 0.717) is 30.2 Å². The molecule has 0 heterocycles. The van der Waals surface area contributed by atoms with Crippen molar-refractivity contribution in [3.05, 3.63) is 34.6 Å². The zero-order chi connectivity index (χ0) is 12.7. The third-order valence-electron chi connectivity index (χ3n) is 2.28. The Morgan fingerprint density at radius 3 is 2.71 bits per heavy atom. The summed E-state index contributed by atoms with van der Waals surface area (Å²) in [6.45, 7) is 4.10. The van der Waals surface area contributed by atoms with Gasteiger partial charge in [0.05, 0.1) is 6.10 Å². The monoisotopic (exact) mass is 260 g/mol. The fourth-order valence-electron chi connectivity index (χ4n) is 1.40. The smallest absolute Gasteiger partial charge is 0.129 e. The zero-order valence-electron chi connectivity index (χ0n) is 9.84. The lowest BCUT2D eigenvalue weighted by Crippen LogP contribution is -2.31. The Hall–Kier alpha value is -0.680. The van der Waals surface area contributed by atoms with Gasteiger partial charge >= 0.3 is 0 Å². The van der Waals surface area contributed by atoms with E-state index in [9.17, 15) is 4.39 Å². The molecule has 0 aliphatic heterocycles. The summed E-state index contributed by atoms with van der Waals surface area (Å²) in [5.41, 5.74) is 0.490. The molecule has 1 aromatic carbocycles. The Morgan fingerprint density at radius 1 is 1.35 bits per heavy atom. The van der Waals surface area contributed by atoms with Crippen molar-refractivity contribution in [2.24, 2.45) is 0 Å². The molecule has 0 aliphatic rings. The van der Waals surface area contributed by atoms with Crippen molar-refractivity contribution in [2.75, 3.05) is 19.6 Å². The van der Waals surface area contributed by atoms with Gasteiger partial charge in [0.25, 0.3) is 0 Å². The first-order valence-corrected chi connectivity index (χ1v) is 6.01. The third-order valence-corrected chi connectivity index (χ3v) is 2.64. The first-order chi connectivity index (χ1) is 8.11. The van der Waals surface area contributed by atoms with Crippen molar-refractivity contribution in [2.45, 2.75) is 19.6 Å². The van der Waals surface area contributed by atoms with Crippen LogP contribution in [0.4, 0.5) is 4.39 Å². The zero-order valence-corrected chi connectivity index (χ0v) is 10.6. The maximum Gasteiger partial charge on any atom is 0.129 e. The highest BCUT2D eigenvalue weighted by Gasteiger charge is 2.05. The van der Waals surface area contributed by atoms with Gasteiger partial charge in [0.15, 0.2) is 0 Å². The van der Waals surface area contributed by atoms with E-state index >= 15 is 0 Å². The van der Waals surface area contributed by atoms with Gasteiger partial charge in [0, 0.05) is 36.8 Å². The maximum absolute atomic E-state index is 13.4. The van der Waals surface area contributed by atoms with E-state index in [-0.39, 0.29) is 11.9 Å².